The van der Waals surface area contributed by atoms with Crippen LogP contribution >= 0.6 is 0 Å². The van der Waals surface area contributed by atoms with Gasteiger partial charge in [-0.3, -0.25) is 0 Å². The molecule has 7 aromatic rings. The summed E-state index contributed by atoms with van der Waals surface area (Å²) in [6, 6.07) is 46.0. The highest BCUT2D eigenvalue weighted by molar-refractivity contribution is 6.10. The summed E-state index contributed by atoms with van der Waals surface area (Å²) in [6.07, 6.45) is 0. The maximum atomic E-state index is 6.25. The first-order valence-corrected chi connectivity index (χ1v) is 13.7. The van der Waals surface area contributed by atoms with E-state index < -0.39 is 0 Å². The van der Waals surface area contributed by atoms with Gasteiger partial charge in [0.25, 0.3) is 0 Å². The van der Waals surface area contributed by atoms with E-state index in [1.807, 2.05) is 48.5 Å². The minimum atomic E-state index is 0.845. The van der Waals surface area contributed by atoms with Gasteiger partial charge in [-0.15, -0.1) is 0 Å². The fourth-order valence-electron chi connectivity index (χ4n) is 6.12. The van der Waals surface area contributed by atoms with Crippen molar-refractivity contribution in [1.29, 1.82) is 0 Å². The van der Waals surface area contributed by atoms with E-state index in [2.05, 4.69) is 99.7 Å². The van der Waals surface area contributed by atoms with E-state index >= 15 is 0 Å². The van der Waals surface area contributed by atoms with Crippen molar-refractivity contribution in [3.05, 3.63) is 133 Å². The van der Waals surface area contributed by atoms with Gasteiger partial charge in [0.15, 0.2) is 23.0 Å². The summed E-state index contributed by atoms with van der Waals surface area (Å²) < 4.78 is 12.5. The lowest BCUT2D eigenvalue weighted by molar-refractivity contribution is 0.477. The maximum absolute atomic E-state index is 6.25. The third-order valence-electron chi connectivity index (χ3n) is 7.95. The summed E-state index contributed by atoms with van der Waals surface area (Å²) in [5.74, 6) is 3.38. The van der Waals surface area contributed by atoms with E-state index in [0.717, 1.165) is 78.9 Å². The van der Waals surface area contributed by atoms with Crippen molar-refractivity contribution < 1.29 is 9.47 Å². The van der Waals surface area contributed by atoms with E-state index in [0.29, 0.717) is 0 Å². The molecule has 0 aliphatic carbocycles. The molecule has 0 unspecified atom stereocenters. The highest BCUT2D eigenvalue weighted by Gasteiger charge is 2.27. The van der Waals surface area contributed by atoms with Gasteiger partial charge in [0.05, 0.1) is 22.7 Å². The Morgan fingerprint density at radius 3 is 1.10 bits per heavy atom. The Morgan fingerprint density at radius 1 is 0.390 bits per heavy atom. The standard InChI is InChI=1S/C36H23N3O2/c1-5-13-33-29(9-1)38(30-10-2-6-14-34(30)40-33)23-17-19-27-25(21-23)26-22-24(18-20-28(26)37-27)39-31-11-3-7-15-35(31)41-36-16-8-4-12-32(36)39/h1-22,37H. The largest absolute Gasteiger partial charge is 0.453 e. The van der Waals surface area contributed by atoms with Gasteiger partial charge >= 0.3 is 0 Å². The van der Waals surface area contributed by atoms with Gasteiger partial charge in [-0.1, -0.05) is 48.5 Å². The summed E-state index contributed by atoms with van der Waals surface area (Å²) in [5.41, 5.74) is 8.43. The molecule has 0 atom stereocenters. The summed E-state index contributed by atoms with van der Waals surface area (Å²) >= 11 is 0. The smallest absolute Gasteiger partial charge is 0.151 e. The number of fused-ring (bicyclic) bond motifs is 7. The molecule has 6 aromatic carbocycles. The average molecular weight is 530 g/mol. The van der Waals surface area contributed by atoms with Crippen molar-refractivity contribution in [2.75, 3.05) is 9.80 Å². The van der Waals surface area contributed by atoms with E-state index in [1.54, 1.807) is 0 Å². The molecule has 1 aromatic heterocycles. The van der Waals surface area contributed by atoms with Crippen molar-refractivity contribution in [2.24, 2.45) is 0 Å². The molecule has 41 heavy (non-hydrogen) atoms. The number of hydrogen-bond acceptors (Lipinski definition) is 4. The number of nitrogens with one attached hydrogen (secondary N) is 1. The molecule has 0 spiro atoms. The summed E-state index contributed by atoms with van der Waals surface area (Å²) in [7, 11) is 0. The van der Waals surface area contributed by atoms with Crippen molar-refractivity contribution in [3.8, 4) is 23.0 Å². The van der Waals surface area contributed by atoms with Crippen LogP contribution in [0, 0.1) is 0 Å². The first-order chi connectivity index (χ1) is 20.3. The van der Waals surface area contributed by atoms with Crippen molar-refractivity contribution in [3.63, 3.8) is 0 Å². The predicted molar refractivity (Wildman–Crippen MR) is 165 cm³/mol. The molecule has 2 aliphatic heterocycles. The second kappa shape index (κ2) is 8.41. The molecule has 0 radical (unpaired) electrons. The van der Waals surface area contributed by atoms with E-state index in [4.69, 9.17) is 9.47 Å². The normalized spacial score (nSPS) is 13.2. The molecule has 5 nitrogen and oxygen atoms in total. The fraction of sp³-hybridized carbons (Fsp3) is 0. The highest BCUT2D eigenvalue weighted by Crippen LogP contribution is 2.52. The van der Waals surface area contributed by atoms with Crippen LogP contribution in [0.25, 0.3) is 21.8 Å². The fourth-order valence-corrected chi connectivity index (χ4v) is 6.12. The SMILES string of the molecule is c1ccc2c(c1)Oc1ccccc1N2c1ccc2[nH]c3ccc(N4c5ccccc5Oc5ccccc54)cc3c2c1. The number of benzene rings is 6. The van der Waals surface area contributed by atoms with E-state index in [1.165, 1.54) is 0 Å². The second-order valence-electron chi connectivity index (χ2n) is 10.3. The zero-order valence-electron chi connectivity index (χ0n) is 21.9. The monoisotopic (exact) mass is 529 g/mol. The zero-order valence-corrected chi connectivity index (χ0v) is 21.9. The molecule has 0 fully saturated rings. The van der Waals surface area contributed by atoms with Crippen LogP contribution in [0.3, 0.4) is 0 Å². The first-order valence-electron chi connectivity index (χ1n) is 13.7. The molecule has 2 aliphatic rings. The number of H-pyrrole nitrogens is 1. The van der Waals surface area contributed by atoms with Gasteiger partial charge in [-0.25, -0.2) is 0 Å². The number of ether oxygens (including phenoxy) is 2. The Morgan fingerprint density at radius 2 is 0.732 bits per heavy atom. The Bertz CT molecular complexity index is 1910. The van der Waals surface area contributed by atoms with Crippen LogP contribution in [0.4, 0.5) is 34.1 Å². The molecule has 194 valence electrons. The van der Waals surface area contributed by atoms with Crippen LogP contribution < -0.4 is 19.3 Å². The van der Waals surface area contributed by atoms with Gasteiger partial charge in [-0.05, 0) is 84.9 Å². The maximum Gasteiger partial charge on any atom is 0.151 e. The molecule has 0 saturated carbocycles. The molecule has 1 N–H and O–H groups in total. The van der Waals surface area contributed by atoms with Crippen LogP contribution in [-0.4, -0.2) is 4.98 Å². The number of rotatable bonds is 2. The lowest BCUT2D eigenvalue weighted by Crippen LogP contribution is -2.15. The lowest BCUT2D eigenvalue weighted by atomic mass is 10.1. The Labute approximate surface area is 236 Å². The first kappa shape index (κ1) is 22.2. The summed E-state index contributed by atoms with van der Waals surface area (Å²) in [4.78, 5) is 8.19. The number of aromatic nitrogens is 1. The molecule has 0 amide bonds. The highest BCUT2D eigenvalue weighted by atomic mass is 16.5. The molecular weight excluding hydrogens is 506 g/mol. The average Bonchev–Trinajstić information content (AvgIpc) is 3.39. The third-order valence-corrected chi connectivity index (χ3v) is 7.95. The molecular formula is C36H23N3O2. The van der Waals surface area contributed by atoms with Crippen molar-refractivity contribution >= 4 is 55.9 Å². The van der Waals surface area contributed by atoms with Gasteiger partial charge < -0.3 is 24.3 Å². The Balaban J connectivity index is 1.24. The van der Waals surface area contributed by atoms with Crippen LogP contribution in [0.5, 0.6) is 23.0 Å². The quantitative estimate of drug-likeness (QED) is 0.242. The minimum absolute atomic E-state index is 0.845. The molecule has 0 saturated heterocycles. The van der Waals surface area contributed by atoms with Crippen molar-refractivity contribution in [1.82, 2.24) is 4.98 Å². The van der Waals surface area contributed by atoms with Gasteiger partial charge in [0.1, 0.15) is 0 Å². The van der Waals surface area contributed by atoms with Crippen LogP contribution in [0.2, 0.25) is 0 Å². The van der Waals surface area contributed by atoms with Gasteiger partial charge in [-0.2, -0.15) is 0 Å². The zero-order chi connectivity index (χ0) is 26.9. The topological polar surface area (TPSA) is 40.7 Å². The van der Waals surface area contributed by atoms with Crippen molar-refractivity contribution in [2.45, 2.75) is 0 Å². The van der Waals surface area contributed by atoms with Crippen LogP contribution in [0.15, 0.2) is 133 Å². The van der Waals surface area contributed by atoms with Crippen LogP contribution in [-0.2, 0) is 0 Å². The van der Waals surface area contributed by atoms with E-state index in [-0.39, 0.29) is 0 Å². The Kier molecular flexibility index (Phi) is 4.55. The minimum Gasteiger partial charge on any atom is -0.453 e. The summed E-state index contributed by atoms with van der Waals surface area (Å²) in [6.45, 7) is 0. The number of para-hydroxylation sites is 8. The summed E-state index contributed by atoms with van der Waals surface area (Å²) in [5, 5.41) is 2.33. The number of nitrogens with zero attached hydrogens (tertiary/aromatic N) is 2. The predicted octanol–water partition coefficient (Wildman–Crippen LogP) is 10.5. The molecule has 9 rings (SSSR count). The number of anilines is 6. The lowest BCUT2D eigenvalue weighted by Gasteiger charge is -2.33. The van der Waals surface area contributed by atoms with E-state index in [9.17, 15) is 0 Å². The second-order valence-corrected chi connectivity index (χ2v) is 10.3. The number of hydrogen-bond donors (Lipinski definition) is 1. The number of aromatic amines is 1. The molecule has 5 heteroatoms. The Hall–Kier alpha value is -5.68. The van der Waals surface area contributed by atoms with Crippen LogP contribution in [0.1, 0.15) is 0 Å². The van der Waals surface area contributed by atoms with Gasteiger partial charge in [0.2, 0.25) is 0 Å². The molecule has 0 bridgehead atoms. The van der Waals surface area contributed by atoms with Gasteiger partial charge in [0, 0.05) is 33.2 Å². The molecule has 3 heterocycles. The third kappa shape index (κ3) is 3.29.